The molecule has 0 bridgehead atoms. The largest absolute Gasteiger partial charge is 0.493 e. The molecular formula is C50H63BrN6O6. The Morgan fingerprint density at radius 3 is 2.54 bits per heavy atom. The van der Waals surface area contributed by atoms with E-state index in [0.717, 1.165) is 72.3 Å². The van der Waals surface area contributed by atoms with Gasteiger partial charge in [-0.2, -0.15) is 0 Å². The number of piperazine rings is 1. The Hall–Kier alpha value is -4.53. The zero-order valence-corrected chi connectivity index (χ0v) is 39.0. The Bertz CT molecular complexity index is 2350. The molecule has 63 heavy (non-hydrogen) atoms. The number of hydrogen-bond acceptors (Lipinski definition) is 8. The van der Waals surface area contributed by atoms with E-state index in [1.165, 1.54) is 27.0 Å². The molecule has 6 atom stereocenters. The minimum Gasteiger partial charge on any atom is -0.493 e. The van der Waals surface area contributed by atoms with Crippen LogP contribution in [0.25, 0.3) is 16.5 Å². The number of aromatic nitrogens is 1. The van der Waals surface area contributed by atoms with Crippen molar-refractivity contribution >= 4 is 50.1 Å². The summed E-state index contributed by atoms with van der Waals surface area (Å²) in [6.07, 6.45) is 7.65. The number of nitrogens with zero attached hydrogens (tertiary/aromatic N) is 3. The van der Waals surface area contributed by atoms with Crippen LogP contribution in [-0.2, 0) is 32.0 Å². The number of benzene rings is 3. The van der Waals surface area contributed by atoms with Crippen LogP contribution >= 0.6 is 15.9 Å². The molecule has 3 aromatic carbocycles. The van der Waals surface area contributed by atoms with E-state index in [9.17, 15) is 19.5 Å². The molecule has 336 valence electrons. The lowest BCUT2D eigenvalue weighted by Crippen LogP contribution is -2.71. The van der Waals surface area contributed by atoms with Crippen LogP contribution < -0.4 is 15.4 Å². The number of halogens is 1. The third kappa shape index (κ3) is 8.47. The number of aromatic amines is 1. The lowest BCUT2D eigenvalue weighted by Gasteiger charge is -2.49. The quantitative estimate of drug-likeness (QED) is 0.107. The number of nitrogens with one attached hydrogen (secondary N) is 3. The minimum atomic E-state index is -2.01. The maximum atomic E-state index is 14.4. The van der Waals surface area contributed by atoms with Crippen LogP contribution in [-0.4, -0.2) is 113 Å². The number of fused-ring (bicyclic) bond motifs is 5. The molecule has 13 heteroatoms. The van der Waals surface area contributed by atoms with Crippen molar-refractivity contribution in [3.05, 3.63) is 106 Å². The molecule has 0 unspecified atom stereocenters. The first-order valence-electron chi connectivity index (χ1n) is 22.8. The van der Waals surface area contributed by atoms with Crippen LogP contribution in [0, 0.1) is 17.8 Å². The average molecular weight is 924 g/mol. The van der Waals surface area contributed by atoms with E-state index in [4.69, 9.17) is 9.47 Å². The van der Waals surface area contributed by atoms with E-state index >= 15 is 0 Å². The van der Waals surface area contributed by atoms with E-state index in [1.54, 1.807) is 18.7 Å². The van der Waals surface area contributed by atoms with E-state index in [-0.39, 0.29) is 23.8 Å². The van der Waals surface area contributed by atoms with Crippen LogP contribution in [0.15, 0.2) is 83.5 Å². The van der Waals surface area contributed by atoms with Gasteiger partial charge in [-0.3, -0.25) is 28.9 Å². The third-order valence-corrected chi connectivity index (χ3v) is 14.2. The van der Waals surface area contributed by atoms with Crippen molar-refractivity contribution in [3.63, 3.8) is 0 Å². The van der Waals surface area contributed by atoms with Crippen molar-refractivity contribution in [1.82, 2.24) is 30.3 Å². The predicted octanol–water partition coefficient (Wildman–Crippen LogP) is 6.85. The number of likely N-dealkylation sites (N-methyl/N-ethyl adjacent to an activating group) is 1. The van der Waals surface area contributed by atoms with Gasteiger partial charge in [0.05, 0.1) is 17.1 Å². The van der Waals surface area contributed by atoms with E-state index in [0.29, 0.717) is 25.9 Å². The van der Waals surface area contributed by atoms with Gasteiger partial charge in [-0.15, -0.1) is 0 Å². The van der Waals surface area contributed by atoms with Crippen molar-refractivity contribution in [2.24, 2.45) is 17.8 Å². The standard InChI is InChI=1S/C32H40BrN5O5.C18H23NO/c1-16(2)12-24-29(40)37-11-7-10-25(37)32(42)38(24)30(41)31(43-32,17(3)4)35-28(39)18-13-20-19-8-6-9-22-26(19)21(27(33)34-22)14-23(20)36(5)15-18;1-19-13-7-8-14-20-18-12-6-5-11-17(18)15-16-9-3-2-4-10-16/h6,8-9,13,16-18,23-25,34,42H,7,10-12,14-15H2,1-5H3,(H,35,39);2-6,9-12,19H,7-8,13-15H2,1H3/t18-,23-,24+,25+,31-,32+;/m1./s1. The van der Waals surface area contributed by atoms with Crippen LogP contribution in [0.2, 0.25) is 0 Å². The van der Waals surface area contributed by atoms with Crippen molar-refractivity contribution in [2.45, 2.75) is 102 Å². The zero-order valence-electron chi connectivity index (χ0n) is 37.5. The number of amides is 3. The van der Waals surface area contributed by atoms with Gasteiger partial charge in [0.2, 0.25) is 17.5 Å². The second kappa shape index (κ2) is 18.5. The van der Waals surface area contributed by atoms with Gasteiger partial charge < -0.3 is 30.4 Å². The van der Waals surface area contributed by atoms with E-state index in [2.05, 4.69) is 91.0 Å². The first kappa shape index (κ1) is 45.1. The van der Waals surface area contributed by atoms with Gasteiger partial charge >= 0.3 is 0 Å². The van der Waals surface area contributed by atoms with Crippen molar-refractivity contribution in [1.29, 1.82) is 0 Å². The van der Waals surface area contributed by atoms with Gasteiger partial charge in [-0.05, 0) is 121 Å². The molecule has 4 aliphatic heterocycles. The Morgan fingerprint density at radius 1 is 1.03 bits per heavy atom. The van der Waals surface area contributed by atoms with Gasteiger partial charge in [0.25, 0.3) is 11.8 Å². The van der Waals surface area contributed by atoms with Crippen LogP contribution in [0.4, 0.5) is 0 Å². The van der Waals surface area contributed by atoms with Crippen molar-refractivity contribution < 1.29 is 29.0 Å². The van der Waals surface area contributed by atoms with Crippen molar-refractivity contribution in [2.75, 3.05) is 40.3 Å². The molecule has 0 saturated carbocycles. The summed E-state index contributed by atoms with van der Waals surface area (Å²) in [6.45, 7) is 10.4. The highest BCUT2D eigenvalue weighted by Gasteiger charge is 2.72. The minimum absolute atomic E-state index is 0.104. The highest BCUT2D eigenvalue weighted by molar-refractivity contribution is 9.10. The number of rotatable bonds is 13. The molecule has 3 fully saturated rings. The maximum absolute atomic E-state index is 14.4. The lowest BCUT2D eigenvalue weighted by molar-refractivity contribution is -0.322. The van der Waals surface area contributed by atoms with Crippen LogP contribution in [0.3, 0.4) is 0 Å². The monoisotopic (exact) mass is 922 g/mol. The molecule has 1 aliphatic carbocycles. The summed E-state index contributed by atoms with van der Waals surface area (Å²) in [5.41, 5.74) is 5.25. The molecule has 5 aliphatic rings. The first-order valence-corrected chi connectivity index (χ1v) is 23.6. The fourth-order valence-electron chi connectivity index (χ4n) is 10.3. The highest BCUT2D eigenvalue weighted by Crippen LogP contribution is 2.49. The predicted molar refractivity (Wildman–Crippen MR) is 249 cm³/mol. The zero-order chi connectivity index (χ0) is 44.6. The number of ether oxygens (including phenoxy) is 2. The Labute approximate surface area is 379 Å². The van der Waals surface area contributed by atoms with E-state index < -0.39 is 41.5 Å². The fourth-order valence-corrected chi connectivity index (χ4v) is 10.9. The summed E-state index contributed by atoms with van der Waals surface area (Å²) < 4.78 is 13.4. The molecule has 12 nitrogen and oxygen atoms in total. The number of hydrogen-bond donors (Lipinski definition) is 4. The van der Waals surface area contributed by atoms with Crippen LogP contribution in [0.1, 0.15) is 82.1 Å². The molecule has 4 N–H and O–H groups in total. The number of unbranched alkanes of at least 4 members (excludes halogenated alkanes) is 1. The molecule has 0 spiro atoms. The first-order chi connectivity index (χ1) is 30.3. The molecule has 5 heterocycles. The molecule has 9 rings (SSSR count). The smallest absolute Gasteiger partial charge is 0.281 e. The number of carbonyl (C=O) groups excluding carboxylic acids is 3. The van der Waals surface area contributed by atoms with Gasteiger partial charge in [0.15, 0.2) is 0 Å². The normalized spacial score (nSPS) is 26.3. The summed E-state index contributed by atoms with van der Waals surface area (Å²) in [5, 5.41) is 19.5. The number of para-hydroxylation sites is 1. The molecule has 4 aromatic rings. The summed E-state index contributed by atoms with van der Waals surface area (Å²) in [7, 11) is 4.01. The topological polar surface area (TPSA) is 139 Å². The van der Waals surface area contributed by atoms with Gasteiger partial charge in [0, 0.05) is 42.4 Å². The van der Waals surface area contributed by atoms with Gasteiger partial charge in [0.1, 0.15) is 17.8 Å². The lowest BCUT2D eigenvalue weighted by atomic mass is 9.79. The second-order valence-electron chi connectivity index (χ2n) is 18.6. The Morgan fingerprint density at radius 2 is 1.79 bits per heavy atom. The molecule has 1 aromatic heterocycles. The molecular weight excluding hydrogens is 860 g/mol. The van der Waals surface area contributed by atoms with Gasteiger partial charge in [-0.25, -0.2) is 0 Å². The van der Waals surface area contributed by atoms with Gasteiger partial charge in [-0.1, -0.05) is 94.4 Å². The Kier molecular flexibility index (Phi) is 13.2. The molecule has 3 saturated heterocycles. The number of aliphatic hydroxyl groups is 1. The summed E-state index contributed by atoms with van der Waals surface area (Å²) in [6, 6.07) is 23.6. The van der Waals surface area contributed by atoms with Crippen molar-refractivity contribution in [3.8, 4) is 5.75 Å². The third-order valence-electron chi connectivity index (χ3n) is 13.5. The molecule has 0 radical (unpaired) electrons. The summed E-state index contributed by atoms with van der Waals surface area (Å²) in [5.74, 6) is -3.00. The summed E-state index contributed by atoms with van der Waals surface area (Å²) >= 11 is 3.70. The maximum Gasteiger partial charge on any atom is 0.281 e. The SMILES string of the molecule is CC(C)C[C@H]1C(=O)N2CCC[C@H]2[C@]2(O)O[C@](NC(=O)[C@@H]3C=C4c5cccc6[nH]c(Br)c(c56)C[C@H]4N(C)C3)(C(C)C)C(=O)N12.CNCCCCOc1ccccc1Cc1ccccc1. The Balaban J connectivity index is 0.000000229. The highest BCUT2D eigenvalue weighted by atomic mass is 79.9. The fraction of sp³-hybridized carbons (Fsp3) is 0.500. The van der Waals surface area contributed by atoms with Crippen LogP contribution in [0.5, 0.6) is 5.75 Å². The number of H-pyrrole nitrogens is 1. The van der Waals surface area contributed by atoms with E-state index in [1.807, 2.05) is 52.2 Å². The summed E-state index contributed by atoms with van der Waals surface area (Å²) in [4.78, 5) is 50.8. The number of carbonyl (C=O) groups is 3. The second-order valence-corrected chi connectivity index (χ2v) is 19.4. The average Bonchev–Trinajstić information content (AvgIpc) is 3.95. The molecule has 3 amide bonds.